The van der Waals surface area contributed by atoms with Gasteiger partial charge in [0.15, 0.2) is 6.29 Å². The van der Waals surface area contributed by atoms with Gasteiger partial charge in [0.2, 0.25) is 0 Å². The van der Waals surface area contributed by atoms with Crippen LogP contribution in [0.1, 0.15) is 35.8 Å². The quantitative estimate of drug-likeness (QED) is 0.851. The fourth-order valence-corrected chi connectivity index (χ4v) is 3.54. The zero-order chi connectivity index (χ0) is 16.2. The van der Waals surface area contributed by atoms with E-state index in [1.807, 2.05) is 18.2 Å². The summed E-state index contributed by atoms with van der Waals surface area (Å²) in [7, 11) is 0. The van der Waals surface area contributed by atoms with Crippen LogP contribution in [0.5, 0.6) is 0 Å². The Balaban J connectivity index is 1.76. The molecule has 3 rings (SSSR count). The zero-order valence-electron chi connectivity index (χ0n) is 13.5. The Morgan fingerprint density at radius 1 is 1.22 bits per heavy atom. The molecule has 0 saturated carbocycles. The van der Waals surface area contributed by atoms with Crippen molar-refractivity contribution in [3.05, 3.63) is 69.7 Å². The molecule has 0 aromatic heterocycles. The van der Waals surface area contributed by atoms with Crippen molar-refractivity contribution in [3.63, 3.8) is 0 Å². The van der Waals surface area contributed by atoms with Gasteiger partial charge in [0.1, 0.15) is 0 Å². The highest BCUT2D eigenvalue weighted by Gasteiger charge is 2.29. The summed E-state index contributed by atoms with van der Waals surface area (Å²) in [5.41, 5.74) is 3.56. The maximum absolute atomic E-state index is 6.25. The van der Waals surface area contributed by atoms with E-state index >= 15 is 0 Å². The lowest BCUT2D eigenvalue weighted by molar-refractivity contribution is -0.200. The number of rotatable bonds is 4. The second-order valence-electron chi connectivity index (χ2n) is 5.92. The molecule has 0 spiro atoms. The van der Waals surface area contributed by atoms with Crippen molar-refractivity contribution in [3.8, 4) is 0 Å². The first-order valence-corrected chi connectivity index (χ1v) is 8.75. The largest absolute Gasteiger partial charge is 0.349 e. The fraction of sp³-hybridized carbons (Fsp3) is 0.368. The molecule has 4 heteroatoms. The highest BCUT2D eigenvalue weighted by Crippen LogP contribution is 2.29. The molecule has 1 heterocycles. The fourth-order valence-electron chi connectivity index (χ4n) is 2.91. The lowest BCUT2D eigenvalue weighted by Gasteiger charge is -2.34. The van der Waals surface area contributed by atoms with Gasteiger partial charge in [-0.05, 0) is 42.7 Å². The van der Waals surface area contributed by atoms with Gasteiger partial charge < -0.3 is 14.8 Å². The van der Waals surface area contributed by atoms with Gasteiger partial charge >= 0.3 is 0 Å². The molecule has 0 bridgehead atoms. The van der Waals surface area contributed by atoms with Crippen LogP contribution in [0, 0.1) is 6.92 Å². The molecule has 1 fully saturated rings. The van der Waals surface area contributed by atoms with E-state index in [1.54, 1.807) is 0 Å². The molecular weight excluding hydrogens is 354 g/mol. The molecule has 2 aromatic carbocycles. The summed E-state index contributed by atoms with van der Waals surface area (Å²) < 4.78 is 13.2. The summed E-state index contributed by atoms with van der Waals surface area (Å²) in [6, 6.07) is 16.7. The van der Waals surface area contributed by atoms with Gasteiger partial charge in [0.25, 0.3) is 0 Å². The number of ether oxygens (including phenoxy) is 2. The van der Waals surface area contributed by atoms with Gasteiger partial charge in [-0.25, -0.2) is 0 Å². The average molecular weight is 376 g/mol. The van der Waals surface area contributed by atoms with E-state index in [0.717, 1.165) is 16.6 Å². The number of morpholine rings is 1. The third-order valence-corrected chi connectivity index (χ3v) is 4.51. The summed E-state index contributed by atoms with van der Waals surface area (Å²) >= 11 is 3.56. The molecule has 1 aliphatic rings. The van der Waals surface area contributed by atoms with Crippen LogP contribution in [-0.2, 0) is 9.47 Å². The second kappa shape index (κ2) is 7.58. The minimum atomic E-state index is -0.291. The van der Waals surface area contributed by atoms with Crippen molar-refractivity contribution < 1.29 is 9.47 Å². The van der Waals surface area contributed by atoms with Crippen LogP contribution in [0.3, 0.4) is 0 Å². The van der Waals surface area contributed by atoms with E-state index in [-0.39, 0.29) is 18.4 Å². The van der Waals surface area contributed by atoms with Crippen LogP contribution in [-0.4, -0.2) is 19.4 Å². The van der Waals surface area contributed by atoms with Gasteiger partial charge in [-0.3, -0.25) is 0 Å². The molecule has 3 unspecified atom stereocenters. The predicted molar refractivity (Wildman–Crippen MR) is 95.3 cm³/mol. The van der Waals surface area contributed by atoms with Crippen molar-refractivity contribution in [1.82, 2.24) is 5.32 Å². The Bertz CT molecular complexity index is 627. The minimum absolute atomic E-state index is 0.0395. The molecule has 122 valence electrons. The van der Waals surface area contributed by atoms with E-state index < -0.39 is 0 Å². The molecule has 3 nitrogen and oxygen atoms in total. The molecule has 2 aromatic rings. The van der Waals surface area contributed by atoms with Crippen molar-refractivity contribution in [2.24, 2.45) is 0 Å². The van der Waals surface area contributed by atoms with Crippen LogP contribution < -0.4 is 5.32 Å². The number of aryl methyl sites for hydroxylation is 1. The first-order valence-electron chi connectivity index (χ1n) is 7.96. The number of hydrogen-bond acceptors (Lipinski definition) is 3. The maximum Gasteiger partial charge on any atom is 0.177 e. The number of nitrogens with one attached hydrogen (secondary N) is 1. The molecule has 1 saturated heterocycles. The first kappa shape index (κ1) is 16.7. The highest BCUT2D eigenvalue weighted by molar-refractivity contribution is 9.10. The van der Waals surface area contributed by atoms with Gasteiger partial charge in [-0.15, -0.1) is 0 Å². The number of halogens is 1. The number of benzene rings is 2. The van der Waals surface area contributed by atoms with Crippen molar-refractivity contribution >= 4 is 15.9 Å². The standard InChI is InChI=1S/C19H22BrNO2/c1-13-10-16(12-17(20)11-13)14(2)23-19-18(21-8-9-22-19)15-6-4-3-5-7-15/h3-7,10-12,14,18-19,21H,8-9H2,1-2H3. The number of hydrogen-bond donors (Lipinski definition) is 1. The summed E-state index contributed by atoms with van der Waals surface area (Å²) in [5.74, 6) is 0. The lowest BCUT2D eigenvalue weighted by Crippen LogP contribution is -2.43. The Kier molecular flexibility index (Phi) is 5.49. The Labute approximate surface area is 146 Å². The molecule has 1 aliphatic heterocycles. The molecule has 0 amide bonds. The van der Waals surface area contributed by atoms with Gasteiger partial charge in [-0.1, -0.05) is 52.3 Å². The van der Waals surface area contributed by atoms with Crippen LogP contribution in [0.15, 0.2) is 53.0 Å². The van der Waals surface area contributed by atoms with Crippen molar-refractivity contribution in [1.29, 1.82) is 0 Å². The molecule has 0 radical (unpaired) electrons. The van der Waals surface area contributed by atoms with Gasteiger partial charge in [0, 0.05) is 11.0 Å². The smallest absolute Gasteiger partial charge is 0.177 e. The van der Waals surface area contributed by atoms with E-state index in [4.69, 9.17) is 9.47 Å². The monoisotopic (exact) mass is 375 g/mol. The SMILES string of the molecule is Cc1cc(Br)cc(C(C)OC2OCCNC2c2ccccc2)c1. The molecular formula is C19H22BrNO2. The van der Waals surface area contributed by atoms with Gasteiger partial charge in [-0.2, -0.15) is 0 Å². The second-order valence-corrected chi connectivity index (χ2v) is 6.84. The van der Waals surface area contributed by atoms with Crippen LogP contribution in [0.25, 0.3) is 0 Å². The normalized spacial score (nSPS) is 22.7. The van der Waals surface area contributed by atoms with Crippen LogP contribution in [0.2, 0.25) is 0 Å². The molecule has 1 N–H and O–H groups in total. The predicted octanol–water partition coefficient (Wildman–Crippen LogP) is 4.52. The van der Waals surface area contributed by atoms with Crippen LogP contribution in [0.4, 0.5) is 0 Å². The Morgan fingerprint density at radius 3 is 2.74 bits per heavy atom. The minimum Gasteiger partial charge on any atom is -0.349 e. The van der Waals surface area contributed by atoms with E-state index in [0.29, 0.717) is 6.61 Å². The molecule has 23 heavy (non-hydrogen) atoms. The molecule has 3 atom stereocenters. The summed E-state index contributed by atoms with van der Waals surface area (Å²) in [4.78, 5) is 0. The Morgan fingerprint density at radius 2 is 2.00 bits per heavy atom. The van der Waals surface area contributed by atoms with E-state index in [9.17, 15) is 0 Å². The Hall–Kier alpha value is -1.20. The zero-order valence-corrected chi connectivity index (χ0v) is 15.0. The summed E-state index contributed by atoms with van der Waals surface area (Å²) in [5, 5.41) is 3.51. The molecule has 0 aliphatic carbocycles. The summed E-state index contributed by atoms with van der Waals surface area (Å²) in [6.45, 7) is 5.66. The third-order valence-electron chi connectivity index (χ3n) is 4.05. The summed E-state index contributed by atoms with van der Waals surface area (Å²) in [6.07, 6.45) is -0.331. The van der Waals surface area contributed by atoms with E-state index in [1.165, 1.54) is 11.1 Å². The maximum atomic E-state index is 6.25. The first-order chi connectivity index (χ1) is 11.1. The topological polar surface area (TPSA) is 30.5 Å². The lowest BCUT2D eigenvalue weighted by atomic mass is 10.0. The van der Waals surface area contributed by atoms with Crippen molar-refractivity contribution in [2.45, 2.75) is 32.3 Å². The average Bonchev–Trinajstić information content (AvgIpc) is 2.55. The van der Waals surface area contributed by atoms with Crippen LogP contribution >= 0.6 is 15.9 Å². The van der Waals surface area contributed by atoms with Gasteiger partial charge in [0.05, 0.1) is 18.8 Å². The van der Waals surface area contributed by atoms with Crippen molar-refractivity contribution in [2.75, 3.05) is 13.2 Å². The highest BCUT2D eigenvalue weighted by atomic mass is 79.9. The third kappa shape index (κ3) is 4.21. The van der Waals surface area contributed by atoms with E-state index in [2.05, 4.69) is 65.4 Å².